The summed E-state index contributed by atoms with van der Waals surface area (Å²) in [6, 6.07) is 0. The zero-order valence-electron chi connectivity index (χ0n) is 8.68. The Kier molecular flexibility index (Phi) is 5.23. The van der Waals surface area contributed by atoms with E-state index < -0.39 is 20.2 Å². The third-order valence-corrected chi connectivity index (χ3v) is 8.96. The van der Waals surface area contributed by atoms with Gasteiger partial charge in [0.1, 0.15) is 0 Å². The van der Waals surface area contributed by atoms with Crippen molar-refractivity contribution in [1.29, 1.82) is 0 Å². The van der Waals surface area contributed by atoms with Crippen molar-refractivity contribution in [1.82, 2.24) is 0 Å². The molecule has 0 amide bonds. The van der Waals surface area contributed by atoms with E-state index in [1.54, 1.807) is 0 Å². The molecular formula is C9H19O2Sb. The zero-order chi connectivity index (χ0) is 9.78. The molecule has 2 nitrogen and oxygen atoms in total. The van der Waals surface area contributed by atoms with Crippen LogP contribution in [0, 0.1) is 0 Å². The summed E-state index contributed by atoms with van der Waals surface area (Å²) in [7, 11) is 0. The molecule has 0 unspecified atom stereocenters. The number of esters is 1. The van der Waals surface area contributed by atoms with Crippen LogP contribution in [0.5, 0.6) is 0 Å². The molecule has 3 heteroatoms. The van der Waals surface area contributed by atoms with E-state index in [-0.39, 0.29) is 9.33 Å². The second-order valence-electron chi connectivity index (χ2n) is 3.59. The molecule has 0 radical (unpaired) electrons. The molecule has 0 saturated heterocycles. The van der Waals surface area contributed by atoms with Crippen molar-refractivity contribution < 1.29 is 9.53 Å². The van der Waals surface area contributed by atoms with E-state index in [0.29, 0.717) is 6.61 Å². The van der Waals surface area contributed by atoms with Crippen LogP contribution >= 0.6 is 0 Å². The molecule has 12 heavy (non-hydrogen) atoms. The monoisotopic (exact) mass is 280 g/mol. The third kappa shape index (κ3) is 3.35. The fraction of sp³-hybridized carbons (Fsp3) is 0.889. The normalized spacial score (nSPS) is 11.8. The molecule has 0 saturated carbocycles. The van der Waals surface area contributed by atoms with Gasteiger partial charge in [0.25, 0.3) is 0 Å². The first-order valence-electron chi connectivity index (χ1n) is 4.27. The first kappa shape index (κ1) is 12.3. The second kappa shape index (κ2) is 5.11. The van der Waals surface area contributed by atoms with Crippen LogP contribution in [0.15, 0.2) is 0 Å². The maximum absolute atomic E-state index is 11.5. The van der Waals surface area contributed by atoms with Gasteiger partial charge in [-0.15, -0.1) is 0 Å². The van der Waals surface area contributed by atoms with E-state index in [1.807, 2.05) is 20.8 Å². The minimum absolute atomic E-state index is 0.00245. The number of rotatable bonds is 4. The molecule has 0 fully saturated rings. The number of carbonyl (C=O) groups is 1. The number of ether oxygens (including phenoxy) is 1. The summed E-state index contributed by atoms with van der Waals surface area (Å²) in [5.41, 5.74) is 0. The van der Waals surface area contributed by atoms with Crippen molar-refractivity contribution in [3.8, 4) is 0 Å². The van der Waals surface area contributed by atoms with E-state index in [2.05, 4.69) is 9.74 Å². The van der Waals surface area contributed by atoms with Gasteiger partial charge in [-0.1, -0.05) is 0 Å². The maximum atomic E-state index is 11.5. The Balaban J connectivity index is 4.07. The molecule has 0 aliphatic heterocycles. The summed E-state index contributed by atoms with van der Waals surface area (Å²) in [5, 5.41) is 0. The summed E-state index contributed by atoms with van der Waals surface area (Å²) >= 11 is -1.36. The molecule has 0 heterocycles. The van der Waals surface area contributed by atoms with Crippen molar-refractivity contribution in [2.75, 3.05) is 6.61 Å². The summed E-state index contributed by atoms with van der Waals surface area (Å²) < 4.78 is 4.96. The van der Waals surface area contributed by atoms with Crippen LogP contribution in [0.25, 0.3) is 0 Å². The molecule has 0 aromatic heterocycles. The summed E-state index contributed by atoms with van der Waals surface area (Å²) in [6.45, 7) is 6.59. The van der Waals surface area contributed by atoms with Crippen LogP contribution in [0.4, 0.5) is 0 Å². The summed E-state index contributed by atoms with van der Waals surface area (Å²) in [5.74, 6) is -0.00245. The van der Waals surface area contributed by atoms with Crippen molar-refractivity contribution >= 4 is 26.2 Å². The molecule has 0 aliphatic carbocycles. The van der Waals surface area contributed by atoms with Crippen LogP contribution in [0.1, 0.15) is 27.2 Å². The van der Waals surface area contributed by atoms with Gasteiger partial charge >= 0.3 is 82.6 Å². The van der Waals surface area contributed by atoms with Gasteiger partial charge in [-0.3, -0.25) is 0 Å². The number of hydrogen-bond acceptors (Lipinski definition) is 2. The fourth-order valence-corrected chi connectivity index (χ4v) is 1.78. The van der Waals surface area contributed by atoms with E-state index in [0.717, 1.165) is 6.42 Å². The van der Waals surface area contributed by atoms with Crippen LogP contribution in [0.3, 0.4) is 0 Å². The van der Waals surface area contributed by atoms with Gasteiger partial charge in [-0.25, -0.2) is 0 Å². The van der Waals surface area contributed by atoms with Gasteiger partial charge in [0.05, 0.1) is 0 Å². The minimum atomic E-state index is -1.36. The van der Waals surface area contributed by atoms with Gasteiger partial charge in [0, 0.05) is 0 Å². The molecule has 0 N–H and O–H groups in total. The fourth-order valence-electron chi connectivity index (χ4n) is 0.554. The van der Waals surface area contributed by atoms with Gasteiger partial charge in [0.2, 0.25) is 0 Å². The Morgan fingerprint density at radius 3 is 2.25 bits per heavy atom. The third-order valence-electron chi connectivity index (χ3n) is 2.05. The van der Waals surface area contributed by atoms with E-state index in [9.17, 15) is 4.79 Å². The number of carbonyl (C=O) groups excluding carboxylic acids is 1. The van der Waals surface area contributed by atoms with Gasteiger partial charge in [0.15, 0.2) is 0 Å². The first-order valence-corrected chi connectivity index (χ1v) is 10.7. The Hall–Kier alpha value is 0.288. The van der Waals surface area contributed by atoms with Crippen molar-refractivity contribution in [3.63, 3.8) is 0 Å². The Morgan fingerprint density at radius 1 is 1.42 bits per heavy atom. The first-order chi connectivity index (χ1) is 5.42. The molecule has 0 aromatic rings. The molecule has 0 aliphatic rings. The molecule has 0 aromatic carbocycles. The van der Waals surface area contributed by atoms with E-state index >= 15 is 0 Å². The predicted molar refractivity (Wildman–Crippen MR) is 52.8 cm³/mol. The quantitative estimate of drug-likeness (QED) is 0.584. The zero-order valence-corrected chi connectivity index (χ0v) is 11.2. The van der Waals surface area contributed by atoms with Crippen molar-refractivity contribution in [2.24, 2.45) is 0 Å². The predicted octanol–water partition coefficient (Wildman–Crippen LogP) is 2.47. The van der Waals surface area contributed by atoms with Crippen LogP contribution < -0.4 is 0 Å². The summed E-state index contributed by atoms with van der Waals surface area (Å²) in [4.78, 5) is 15.9. The van der Waals surface area contributed by atoms with Gasteiger partial charge < -0.3 is 0 Å². The summed E-state index contributed by atoms with van der Waals surface area (Å²) in [6.07, 6.45) is 0.909. The Bertz CT molecular complexity index is 153. The Labute approximate surface area is 82.6 Å². The molecule has 0 atom stereocenters. The molecule has 0 rings (SSSR count). The topological polar surface area (TPSA) is 26.3 Å². The standard InChI is InChI=1S/C7H13O2.2CH3.Sb/c1-4-5-9-7(8)6(2)3;;;/h4-5H2,1-3H3;2*1H3;. The molecule has 72 valence electrons. The van der Waals surface area contributed by atoms with Gasteiger partial charge in [-0.2, -0.15) is 0 Å². The average Bonchev–Trinajstić information content (AvgIpc) is 1.99. The molecular weight excluding hydrogens is 262 g/mol. The second-order valence-corrected chi connectivity index (χ2v) is 11.9. The molecule has 0 spiro atoms. The van der Waals surface area contributed by atoms with Crippen molar-refractivity contribution in [3.05, 3.63) is 0 Å². The van der Waals surface area contributed by atoms with Crippen LogP contribution in [-0.2, 0) is 9.53 Å². The SMILES string of the molecule is CCCOC(=O)[C](C)(C)[Sb]([CH3])[CH3]. The average molecular weight is 281 g/mol. The van der Waals surface area contributed by atoms with Gasteiger partial charge in [-0.05, 0) is 0 Å². The Morgan fingerprint density at radius 2 is 1.92 bits per heavy atom. The molecule has 0 bridgehead atoms. The van der Waals surface area contributed by atoms with E-state index in [1.165, 1.54) is 0 Å². The van der Waals surface area contributed by atoms with Crippen LogP contribution in [0.2, 0.25) is 13.1 Å². The van der Waals surface area contributed by atoms with Crippen LogP contribution in [-0.4, -0.2) is 32.8 Å². The van der Waals surface area contributed by atoms with E-state index in [4.69, 9.17) is 4.74 Å². The van der Waals surface area contributed by atoms with Crippen molar-refractivity contribution in [2.45, 2.75) is 40.3 Å². The number of hydrogen-bond donors (Lipinski definition) is 0.